The fraction of sp³-hybridized carbons (Fsp3) is 0.118. The lowest BCUT2D eigenvalue weighted by atomic mass is 10.1. The zero-order chi connectivity index (χ0) is 18.0. The first kappa shape index (κ1) is 16.9. The molecule has 128 valence electrons. The molecule has 0 aliphatic carbocycles. The Labute approximate surface area is 148 Å². The van der Waals surface area contributed by atoms with Gasteiger partial charge < -0.3 is 11.1 Å². The molecule has 3 rings (SSSR count). The van der Waals surface area contributed by atoms with E-state index in [1.54, 1.807) is 24.3 Å². The molecule has 0 fully saturated rings. The van der Waals surface area contributed by atoms with Crippen LogP contribution in [0.15, 0.2) is 53.6 Å². The van der Waals surface area contributed by atoms with Crippen LogP contribution in [-0.4, -0.2) is 23.6 Å². The highest BCUT2D eigenvalue weighted by atomic mass is 35.5. The number of hydrogen-bond donors (Lipinski definition) is 2. The van der Waals surface area contributed by atoms with Gasteiger partial charge in [-0.05, 0) is 30.3 Å². The monoisotopic (exact) mass is 360 g/mol. The van der Waals surface area contributed by atoms with E-state index in [1.807, 2.05) is 6.07 Å². The summed E-state index contributed by atoms with van der Waals surface area (Å²) in [6, 6.07) is 12.0. The predicted molar refractivity (Wildman–Crippen MR) is 94.0 cm³/mol. The number of para-hydroxylation sites is 1. The second-order valence-electron chi connectivity index (χ2n) is 5.43. The Bertz CT molecular complexity index is 857. The average molecular weight is 361 g/mol. The first-order chi connectivity index (χ1) is 12.0. The van der Waals surface area contributed by atoms with Crippen molar-refractivity contribution in [3.05, 3.63) is 59.4 Å². The van der Waals surface area contributed by atoms with Crippen LogP contribution in [0.4, 0.5) is 15.8 Å². The SMILES string of the molecule is NC(=O)C1CC(C(=O)Nc2ccc(F)c(Cl)c2)=NN1c1ccccc1. The van der Waals surface area contributed by atoms with E-state index in [9.17, 15) is 14.0 Å². The van der Waals surface area contributed by atoms with Crippen LogP contribution in [0, 0.1) is 5.82 Å². The molecule has 1 aliphatic heterocycles. The standard InChI is InChI=1S/C17H14ClFN4O2/c18-12-8-10(6-7-13(12)19)21-17(25)14-9-15(16(20)24)23(22-14)11-4-2-1-3-5-11/h1-8,15H,9H2,(H2,20,24)(H,21,25). The van der Waals surface area contributed by atoms with E-state index in [0.717, 1.165) is 6.07 Å². The number of carbonyl (C=O) groups is 2. The quantitative estimate of drug-likeness (QED) is 0.878. The van der Waals surface area contributed by atoms with Crippen LogP contribution in [0.5, 0.6) is 0 Å². The number of nitrogens with zero attached hydrogens (tertiary/aromatic N) is 2. The Morgan fingerprint density at radius 2 is 1.96 bits per heavy atom. The van der Waals surface area contributed by atoms with E-state index in [2.05, 4.69) is 10.4 Å². The normalized spacial score (nSPS) is 16.5. The molecule has 1 aliphatic rings. The molecule has 0 bridgehead atoms. The average Bonchev–Trinajstić information content (AvgIpc) is 3.05. The summed E-state index contributed by atoms with van der Waals surface area (Å²) in [4.78, 5) is 24.1. The van der Waals surface area contributed by atoms with Gasteiger partial charge in [0.05, 0.1) is 10.7 Å². The van der Waals surface area contributed by atoms with Gasteiger partial charge in [0, 0.05) is 12.1 Å². The lowest BCUT2D eigenvalue weighted by Gasteiger charge is -2.20. The molecule has 8 heteroatoms. The fourth-order valence-corrected chi connectivity index (χ4v) is 2.65. The highest BCUT2D eigenvalue weighted by Crippen LogP contribution is 2.25. The van der Waals surface area contributed by atoms with Crippen LogP contribution < -0.4 is 16.1 Å². The molecule has 1 unspecified atom stereocenters. The number of benzene rings is 2. The molecule has 3 N–H and O–H groups in total. The Kier molecular flexibility index (Phi) is 4.67. The molecule has 25 heavy (non-hydrogen) atoms. The second-order valence-corrected chi connectivity index (χ2v) is 5.84. The maximum Gasteiger partial charge on any atom is 0.271 e. The maximum absolute atomic E-state index is 13.2. The zero-order valence-corrected chi connectivity index (χ0v) is 13.7. The van der Waals surface area contributed by atoms with Crippen LogP contribution >= 0.6 is 11.6 Å². The topological polar surface area (TPSA) is 87.8 Å². The number of nitrogens with two attached hydrogens (primary N) is 1. The van der Waals surface area contributed by atoms with Gasteiger partial charge in [0.2, 0.25) is 5.91 Å². The number of nitrogens with one attached hydrogen (secondary N) is 1. The van der Waals surface area contributed by atoms with Crippen molar-refractivity contribution in [1.29, 1.82) is 0 Å². The third-order valence-corrected chi connectivity index (χ3v) is 3.99. The third kappa shape index (κ3) is 3.61. The van der Waals surface area contributed by atoms with Crippen LogP contribution in [0.1, 0.15) is 6.42 Å². The number of hydrazone groups is 1. The number of anilines is 2. The number of carbonyl (C=O) groups excluding carboxylic acids is 2. The van der Waals surface area contributed by atoms with Crippen molar-refractivity contribution in [1.82, 2.24) is 0 Å². The lowest BCUT2D eigenvalue weighted by molar-refractivity contribution is -0.119. The minimum absolute atomic E-state index is 0.0744. The summed E-state index contributed by atoms with van der Waals surface area (Å²) >= 11 is 5.70. The molecule has 2 amide bonds. The Morgan fingerprint density at radius 1 is 1.24 bits per heavy atom. The fourth-order valence-electron chi connectivity index (χ4n) is 2.46. The van der Waals surface area contributed by atoms with E-state index in [4.69, 9.17) is 17.3 Å². The van der Waals surface area contributed by atoms with Crippen molar-refractivity contribution in [2.75, 3.05) is 10.3 Å². The molecule has 2 aromatic rings. The number of amides is 2. The van der Waals surface area contributed by atoms with E-state index < -0.39 is 23.7 Å². The van der Waals surface area contributed by atoms with Crippen LogP contribution in [0.2, 0.25) is 5.02 Å². The maximum atomic E-state index is 13.2. The van der Waals surface area contributed by atoms with Gasteiger partial charge >= 0.3 is 0 Å². The smallest absolute Gasteiger partial charge is 0.271 e. The summed E-state index contributed by atoms with van der Waals surface area (Å²) in [6.45, 7) is 0. The predicted octanol–water partition coefficient (Wildman–Crippen LogP) is 2.54. The number of hydrogen-bond acceptors (Lipinski definition) is 4. The van der Waals surface area contributed by atoms with Crippen molar-refractivity contribution in [3.63, 3.8) is 0 Å². The molecule has 6 nitrogen and oxygen atoms in total. The Morgan fingerprint density at radius 3 is 2.60 bits per heavy atom. The molecule has 0 saturated heterocycles. The second kappa shape index (κ2) is 6.90. The van der Waals surface area contributed by atoms with Crippen molar-refractivity contribution < 1.29 is 14.0 Å². The summed E-state index contributed by atoms with van der Waals surface area (Å²) < 4.78 is 13.2. The lowest BCUT2D eigenvalue weighted by Crippen LogP contribution is -2.39. The van der Waals surface area contributed by atoms with Gasteiger partial charge in [0.15, 0.2) is 0 Å². The Hall–Kier alpha value is -2.93. The molecule has 1 atom stereocenters. The van der Waals surface area contributed by atoms with Crippen molar-refractivity contribution >= 4 is 40.5 Å². The molecular weight excluding hydrogens is 347 g/mol. The van der Waals surface area contributed by atoms with Gasteiger partial charge in [-0.2, -0.15) is 5.10 Å². The summed E-state index contributed by atoms with van der Waals surface area (Å²) in [5, 5.41) is 8.13. The minimum atomic E-state index is -0.750. The van der Waals surface area contributed by atoms with Crippen LogP contribution in [0.3, 0.4) is 0 Å². The third-order valence-electron chi connectivity index (χ3n) is 3.70. The number of halogens is 2. The van der Waals surface area contributed by atoms with Crippen molar-refractivity contribution in [2.45, 2.75) is 12.5 Å². The van der Waals surface area contributed by atoms with Gasteiger partial charge in [-0.3, -0.25) is 14.6 Å². The molecule has 1 heterocycles. The van der Waals surface area contributed by atoms with Crippen LogP contribution in [-0.2, 0) is 9.59 Å². The number of primary amides is 1. The van der Waals surface area contributed by atoms with E-state index in [1.165, 1.54) is 17.1 Å². The first-order valence-electron chi connectivity index (χ1n) is 7.43. The summed E-state index contributed by atoms with van der Waals surface area (Å²) in [6.07, 6.45) is 0.0744. The molecule has 0 spiro atoms. The van der Waals surface area contributed by atoms with E-state index in [-0.39, 0.29) is 17.2 Å². The highest BCUT2D eigenvalue weighted by molar-refractivity contribution is 6.44. The van der Waals surface area contributed by atoms with Gasteiger partial charge in [-0.15, -0.1) is 0 Å². The van der Waals surface area contributed by atoms with Crippen molar-refractivity contribution in [2.24, 2.45) is 10.8 Å². The zero-order valence-electron chi connectivity index (χ0n) is 12.9. The number of rotatable bonds is 4. The van der Waals surface area contributed by atoms with Gasteiger partial charge in [-0.1, -0.05) is 29.8 Å². The molecule has 0 aromatic heterocycles. The van der Waals surface area contributed by atoms with E-state index in [0.29, 0.717) is 11.4 Å². The summed E-state index contributed by atoms with van der Waals surface area (Å²) in [5.41, 5.74) is 6.56. The van der Waals surface area contributed by atoms with Gasteiger partial charge in [-0.25, -0.2) is 4.39 Å². The summed E-state index contributed by atoms with van der Waals surface area (Å²) in [7, 11) is 0. The van der Waals surface area contributed by atoms with E-state index >= 15 is 0 Å². The van der Waals surface area contributed by atoms with Gasteiger partial charge in [0.25, 0.3) is 5.91 Å². The van der Waals surface area contributed by atoms with Gasteiger partial charge in [0.1, 0.15) is 17.6 Å². The van der Waals surface area contributed by atoms with Crippen molar-refractivity contribution in [3.8, 4) is 0 Å². The minimum Gasteiger partial charge on any atom is -0.368 e. The molecular formula is C17H14ClFN4O2. The largest absolute Gasteiger partial charge is 0.368 e. The highest BCUT2D eigenvalue weighted by Gasteiger charge is 2.34. The molecule has 0 radical (unpaired) electrons. The Balaban J connectivity index is 1.82. The van der Waals surface area contributed by atoms with Crippen LogP contribution in [0.25, 0.3) is 0 Å². The molecule has 2 aromatic carbocycles. The first-order valence-corrected chi connectivity index (χ1v) is 7.81. The molecule has 0 saturated carbocycles. The summed E-state index contributed by atoms with van der Waals surface area (Å²) in [5.74, 6) is -1.67.